The highest BCUT2D eigenvalue weighted by Gasteiger charge is 2.37. The Kier molecular flexibility index (Phi) is 4.03. The number of amides is 1. The van der Waals surface area contributed by atoms with E-state index in [-0.39, 0.29) is 36.2 Å². The summed E-state index contributed by atoms with van der Waals surface area (Å²) < 4.78 is 29.9. The summed E-state index contributed by atoms with van der Waals surface area (Å²) in [6.07, 6.45) is -0.394. The third-order valence-corrected chi connectivity index (χ3v) is 4.26. The van der Waals surface area contributed by atoms with Gasteiger partial charge in [0.15, 0.2) is 0 Å². The van der Waals surface area contributed by atoms with E-state index in [1.165, 1.54) is 6.92 Å². The van der Waals surface area contributed by atoms with Crippen molar-refractivity contribution in [1.82, 2.24) is 4.37 Å². The minimum Gasteiger partial charge on any atom is -0.478 e. The molecule has 1 aliphatic carbocycles. The van der Waals surface area contributed by atoms with Gasteiger partial charge in [-0.3, -0.25) is 4.79 Å². The molecular formula is C12H14F2N2O3S. The van der Waals surface area contributed by atoms with Crippen LogP contribution in [0.5, 0.6) is 0 Å². The van der Waals surface area contributed by atoms with Crippen LogP contribution in [0.1, 0.15) is 41.7 Å². The highest BCUT2D eigenvalue weighted by atomic mass is 32.1. The van der Waals surface area contributed by atoms with Gasteiger partial charge in [0.2, 0.25) is 11.8 Å². The maximum absolute atomic E-state index is 13.0. The molecule has 0 radical (unpaired) electrons. The van der Waals surface area contributed by atoms with Crippen LogP contribution in [-0.4, -0.2) is 27.3 Å². The third-order valence-electron chi connectivity index (χ3n) is 3.40. The van der Waals surface area contributed by atoms with Gasteiger partial charge in [-0.15, -0.1) is 0 Å². The van der Waals surface area contributed by atoms with Gasteiger partial charge in [0.1, 0.15) is 10.6 Å². The topological polar surface area (TPSA) is 79.3 Å². The second kappa shape index (κ2) is 5.43. The van der Waals surface area contributed by atoms with Crippen molar-refractivity contribution in [3.63, 3.8) is 0 Å². The molecule has 1 heterocycles. The molecule has 2 N–H and O–H groups in total. The summed E-state index contributed by atoms with van der Waals surface area (Å²) in [6, 6.07) is 0. The van der Waals surface area contributed by atoms with E-state index >= 15 is 0 Å². The number of carboxylic acids is 1. The highest BCUT2D eigenvalue weighted by Crippen LogP contribution is 2.37. The first kappa shape index (κ1) is 14.8. The Hall–Kier alpha value is -1.57. The third kappa shape index (κ3) is 3.12. The number of carbonyl (C=O) groups excluding carboxylic acids is 1. The number of aryl methyl sites for hydroxylation is 1. The summed E-state index contributed by atoms with van der Waals surface area (Å²) in [4.78, 5) is 23.1. The predicted octanol–water partition coefficient (Wildman–Crippen LogP) is 2.91. The molecule has 5 nitrogen and oxygen atoms in total. The van der Waals surface area contributed by atoms with Crippen molar-refractivity contribution in [3.8, 4) is 0 Å². The van der Waals surface area contributed by atoms with Crippen LogP contribution < -0.4 is 5.32 Å². The van der Waals surface area contributed by atoms with Crippen LogP contribution in [0, 0.1) is 12.8 Å². The molecule has 110 valence electrons. The molecule has 0 spiro atoms. The molecule has 0 aliphatic heterocycles. The normalized spacial score (nSPS) is 18.8. The molecule has 0 bridgehead atoms. The Morgan fingerprint density at radius 3 is 2.55 bits per heavy atom. The second-order valence-electron chi connectivity index (χ2n) is 4.90. The van der Waals surface area contributed by atoms with Crippen molar-refractivity contribution in [2.45, 2.75) is 38.5 Å². The fourth-order valence-corrected chi connectivity index (χ4v) is 3.02. The van der Waals surface area contributed by atoms with Gasteiger partial charge < -0.3 is 10.4 Å². The molecule has 8 heteroatoms. The fraction of sp³-hybridized carbons (Fsp3) is 0.583. The quantitative estimate of drug-likeness (QED) is 0.900. The number of aromatic carboxylic acids is 1. The van der Waals surface area contributed by atoms with Crippen molar-refractivity contribution >= 4 is 28.4 Å². The molecule has 0 saturated heterocycles. The maximum atomic E-state index is 13.0. The molecule has 1 aliphatic rings. The summed E-state index contributed by atoms with van der Waals surface area (Å²) >= 11 is 0.886. The van der Waals surface area contributed by atoms with E-state index in [0.29, 0.717) is 5.69 Å². The molecule has 1 aromatic heterocycles. The number of nitrogens with zero attached hydrogens (tertiary/aromatic N) is 1. The van der Waals surface area contributed by atoms with E-state index in [2.05, 4.69) is 9.69 Å². The Morgan fingerprint density at radius 1 is 1.40 bits per heavy atom. The number of anilines is 1. The van der Waals surface area contributed by atoms with Crippen LogP contribution in [0.3, 0.4) is 0 Å². The lowest BCUT2D eigenvalue weighted by atomic mass is 9.86. The number of carbonyl (C=O) groups is 2. The van der Waals surface area contributed by atoms with Crippen LogP contribution in [-0.2, 0) is 4.79 Å². The molecule has 20 heavy (non-hydrogen) atoms. The number of aromatic nitrogens is 1. The number of hydrogen-bond donors (Lipinski definition) is 2. The number of carboxylic acid groups (broad SMARTS) is 1. The first-order valence-electron chi connectivity index (χ1n) is 6.18. The Morgan fingerprint density at radius 2 is 2.00 bits per heavy atom. The van der Waals surface area contributed by atoms with Gasteiger partial charge in [-0.2, -0.15) is 4.37 Å². The number of halogens is 2. The summed E-state index contributed by atoms with van der Waals surface area (Å²) in [7, 11) is 0. The van der Waals surface area contributed by atoms with E-state index in [1.54, 1.807) is 0 Å². The molecule has 0 unspecified atom stereocenters. The van der Waals surface area contributed by atoms with E-state index in [0.717, 1.165) is 11.5 Å². The summed E-state index contributed by atoms with van der Waals surface area (Å²) in [5.41, 5.74) is 0.289. The van der Waals surface area contributed by atoms with E-state index in [1.807, 2.05) is 0 Å². The number of hydrogen-bond acceptors (Lipinski definition) is 4. The first-order valence-corrected chi connectivity index (χ1v) is 6.96. The highest BCUT2D eigenvalue weighted by molar-refractivity contribution is 7.11. The number of rotatable bonds is 3. The van der Waals surface area contributed by atoms with Gasteiger partial charge in [0.05, 0.1) is 5.69 Å². The monoisotopic (exact) mass is 304 g/mol. The summed E-state index contributed by atoms with van der Waals surface area (Å²) in [5.74, 6) is -4.77. The average molecular weight is 304 g/mol. The van der Waals surface area contributed by atoms with Crippen molar-refractivity contribution in [2.24, 2.45) is 5.92 Å². The number of nitrogens with one attached hydrogen (secondary N) is 1. The zero-order chi connectivity index (χ0) is 14.9. The van der Waals surface area contributed by atoms with Crippen molar-refractivity contribution in [2.75, 3.05) is 5.32 Å². The van der Waals surface area contributed by atoms with Crippen LogP contribution in [0.25, 0.3) is 0 Å². The smallest absolute Gasteiger partial charge is 0.340 e. The average Bonchev–Trinajstić information content (AvgIpc) is 2.70. The van der Waals surface area contributed by atoms with Gasteiger partial charge in [-0.25, -0.2) is 13.6 Å². The lowest BCUT2D eigenvalue weighted by molar-refractivity contribution is -0.123. The van der Waals surface area contributed by atoms with E-state index in [4.69, 9.17) is 5.11 Å². The van der Waals surface area contributed by atoms with Gasteiger partial charge in [0, 0.05) is 18.8 Å². The molecule has 1 saturated carbocycles. The molecule has 0 atom stereocenters. The zero-order valence-electron chi connectivity index (χ0n) is 10.8. The minimum absolute atomic E-state index is 0.0375. The van der Waals surface area contributed by atoms with Crippen molar-refractivity contribution < 1.29 is 23.5 Å². The van der Waals surface area contributed by atoms with E-state index in [9.17, 15) is 18.4 Å². The van der Waals surface area contributed by atoms with Gasteiger partial charge in [-0.1, -0.05) is 0 Å². The second-order valence-corrected chi connectivity index (χ2v) is 5.67. The Labute approximate surface area is 118 Å². The minimum atomic E-state index is -2.69. The SMILES string of the molecule is Cc1nsc(NC(=O)C2CCC(F)(F)CC2)c1C(=O)O. The molecule has 1 aromatic rings. The lowest BCUT2D eigenvalue weighted by Crippen LogP contribution is -2.31. The summed E-state index contributed by atoms with van der Waals surface area (Å²) in [6.45, 7) is 1.54. The van der Waals surface area contributed by atoms with Crippen molar-refractivity contribution in [3.05, 3.63) is 11.3 Å². The number of alkyl halides is 2. The lowest BCUT2D eigenvalue weighted by Gasteiger charge is -2.27. The fourth-order valence-electron chi connectivity index (χ4n) is 2.22. The van der Waals surface area contributed by atoms with E-state index < -0.39 is 23.7 Å². The van der Waals surface area contributed by atoms with Gasteiger partial charge in [-0.05, 0) is 31.3 Å². The largest absolute Gasteiger partial charge is 0.478 e. The standard InChI is InChI=1S/C12H14F2N2O3S/c1-6-8(11(18)19)10(20-16-6)15-9(17)7-2-4-12(13,14)5-3-7/h7H,2-5H2,1H3,(H,15,17)(H,18,19). The molecular weight excluding hydrogens is 290 g/mol. The molecule has 0 aromatic carbocycles. The van der Waals surface area contributed by atoms with Crippen LogP contribution in [0.2, 0.25) is 0 Å². The molecule has 2 rings (SSSR count). The molecule has 1 fully saturated rings. The van der Waals surface area contributed by atoms with Crippen LogP contribution in [0.15, 0.2) is 0 Å². The Bertz CT molecular complexity index is 535. The Balaban J connectivity index is 2.04. The van der Waals surface area contributed by atoms with Gasteiger partial charge >= 0.3 is 5.97 Å². The maximum Gasteiger partial charge on any atom is 0.340 e. The zero-order valence-corrected chi connectivity index (χ0v) is 11.6. The predicted molar refractivity (Wildman–Crippen MR) is 69.3 cm³/mol. The van der Waals surface area contributed by atoms with Gasteiger partial charge in [0.25, 0.3) is 0 Å². The van der Waals surface area contributed by atoms with Crippen LogP contribution in [0.4, 0.5) is 13.8 Å². The first-order chi connectivity index (χ1) is 9.30. The van der Waals surface area contributed by atoms with Crippen LogP contribution >= 0.6 is 11.5 Å². The molecule has 1 amide bonds. The van der Waals surface area contributed by atoms with Crippen molar-refractivity contribution in [1.29, 1.82) is 0 Å². The summed E-state index contributed by atoms with van der Waals surface area (Å²) in [5, 5.41) is 11.7.